The van der Waals surface area contributed by atoms with Gasteiger partial charge in [-0.25, -0.2) is 4.39 Å². The van der Waals surface area contributed by atoms with E-state index in [4.69, 9.17) is 15.9 Å². The minimum absolute atomic E-state index is 0.306. The van der Waals surface area contributed by atoms with Crippen molar-refractivity contribution in [3.05, 3.63) is 23.0 Å². The molecule has 0 saturated heterocycles. The van der Waals surface area contributed by atoms with Gasteiger partial charge in [0, 0.05) is 0 Å². The number of hydrogen-bond acceptors (Lipinski definition) is 3. The lowest BCUT2D eigenvalue weighted by Crippen LogP contribution is -2.05. The third-order valence-electron chi connectivity index (χ3n) is 1.89. The maximum absolute atomic E-state index is 13.2. The van der Waals surface area contributed by atoms with Crippen molar-refractivity contribution in [2.75, 3.05) is 6.54 Å². The lowest BCUT2D eigenvalue weighted by atomic mass is 10.1. The van der Waals surface area contributed by atoms with Gasteiger partial charge in [-0.2, -0.15) is 0 Å². The van der Waals surface area contributed by atoms with E-state index >= 15 is 0 Å². The van der Waals surface area contributed by atoms with Crippen molar-refractivity contribution >= 4 is 0 Å². The summed E-state index contributed by atoms with van der Waals surface area (Å²) in [6.07, 6.45) is 0.348. The Hall–Kier alpha value is -1.29. The number of rotatable bonds is 2. The van der Waals surface area contributed by atoms with Crippen LogP contribution >= 0.6 is 0 Å². The highest BCUT2D eigenvalue weighted by Crippen LogP contribution is 2.33. The summed E-state index contributed by atoms with van der Waals surface area (Å²) in [5.74, 6) is -1.88. The van der Waals surface area contributed by atoms with Gasteiger partial charge in [-0.3, -0.25) is 0 Å². The molecule has 0 spiro atoms. The lowest BCUT2D eigenvalue weighted by Gasteiger charge is -2.07. The van der Waals surface area contributed by atoms with E-state index in [1.807, 2.05) is 0 Å². The summed E-state index contributed by atoms with van der Waals surface area (Å²) in [5, 5.41) is 18.3. The van der Waals surface area contributed by atoms with Crippen molar-refractivity contribution in [2.24, 2.45) is 5.73 Å². The summed E-state index contributed by atoms with van der Waals surface area (Å²) in [6, 6.07) is 1.48. The molecule has 13 heavy (non-hydrogen) atoms. The zero-order valence-electron chi connectivity index (χ0n) is 7.34. The highest BCUT2D eigenvalue weighted by Gasteiger charge is 2.13. The van der Waals surface area contributed by atoms with E-state index < -0.39 is 17.3 Å². The number of phenolic OH excluding ortho intramolecular Hbond substituents is 2. The van der Waals surface area contributed by atoms with Crippen LogP contribution in [0.1, 0.15) is 11.1 Å². The second kappa shape index (κ2) is 3.62. The smallest absolute Gasteiger partial charge is 0.194 e. The fourth-order valence-electron chi connectivity index (χ4n) is 1.17. The summed E-state index contributed by atoms with van der Waals surface area (Å²) in [6.45, 7) is 1.90. The fraction of sp³-hybridized carbons (Fsp3) is 0.333. The van der Waals surface area contributed by atoms with Crippen LogP contribution in [0.2, 0.25) is 0 Å². The van der Waals surface area contributed by atoms with E-state index in [9.17, 15) is 4.39 Å². The van der Waals surface area contributed by atoms with Gasteiger partial charge in [-0.15, -0.1) is 0 Å². The number of aryl methyl sites for hydroxylation is 1. The van der Waals surface area contributed by atoms with Crippen LogP contribution in [0, 0.1) is 12.7 Å². The summed E-state index contributed by atoms with van der Waals surface area (Å²) >= 11 is 0. The Morgan fingerprint density at radius 3 is 2.54 bits per heavy atom. The number of halogens is 1. The van der Waals surface area contributed by atoms with Crippen molar-refractivity contribution in [3.63, 3.8) is 0 Å². The Balaban J connectivity index is 3.24. The molecule has 1 rings (SSSR count). The molecule has 0 amide bonds. The monoisotopic (exact) mass is 185 g/mol. The van der Waals surface area contributed by atoms with Crippen LogP contribution in [0.25, 0.3) is 0 Å². The molecule has 0 aliphatic rings. The van der Waals surface area contributed by atoms with Gasteiger partial charge in [0.1, 0.15) is 0 Å². The van der Waals surface area contributed by atoms with Crippen molar-refractivity contribution in [1.29, 1.82) is 0 Å². The summed E-state index contributed by atoms with van der Waals surface area (Å²) in [4.78, 5) is 0. The Bertz CT molecular complexity index is 326. The predicted octanol–water partition coefficient (Wildman–Crippen LogP) is 1.05. The molecule has 0 unspecified atom stereocenters. The van der Waals surface area contributed by atoms with Crippen molar-refractivity contribution in [3.8, 4) is 11.5 Å². The van der Waals surface area contributed by atoms with Gasteiger partial charge in [0.05, 0.1) is 0 Å². The molecular formula is C9H12FNO2. The number of hydrogen-bond donors (Lipinski definition) is 3. The molecule has 72 valence electrons. The molecule has 0 heterocycles. The maximum Gasteiger partial charge on any atom is 0.194 e. The van der Waals surface area contributed by atoms with Crippen LogP contribution in [0.4, 0.5) is 4.39 Å². The summed E-state index contributed by atoms with van der Waals surface area (Å²) in [5.41, 5.74) is 6.03. The molecule has 0 fully saturated rings. The Morgan fingerprint density at radius 2 is 2.00 bits per heavy atom. The van der Waals surface area contributed by atoms with Gasteiger partial charge in [0.2, 0.25) is 0 Å². The summed E-state index contributed by atoms with van der Waals surface area (Å²) in [7, 11) is 0. The number of phenols is 2. The molecule has 4 N–H and O–H groups in total. The molecule has 1 aromatic carbocycles. The minimum atomic E-state index is -0.784. The molecule has 0 saturated carbocycles. The number of benzene rings is 1. The first-order chi connectivity index (χ1) is 6.07. The Morgan fingerprint density at radius 1 is 1.38 bits per heavy atom. The zero-order chi connectivity index (χ0) is 10.0. The first-order valence-electron chi connectivity index (χ1n) is 3.98. The predicted molar refractivity (Wildman–Crippen MR) is 47.2 cm³/mol. The van der Waals surface area contributed by atoms with Crippen molar-refractivity contribution < 1.29 is 14.6 Å². The lowest BCUT2D eigenvalue weighted by molar-refractivity contribution is 0.374. The molecule has 0 aliphatic heterocycles. The van der Waals surface area contributed by atoms with Crippen LogP contribution in [-0.2, 0) is 6.42 Å². The van der Waals surface area contributed by atoms with E-state index in [1.54, 1.807) is 6.92 Å². The van der Waals surface area contributed by atoms with E-state index in [-0.39, 0.29) is 0 Å². The fourth-order valence-corrected chi connectivity index (χ4v) is 1.17. The topological polar surface area (TPSA) is 66.5 Å². The average Bonchev–Trinajstić information content (AvgIpc) is 2.11. The standard InChI is InChI=1S/C9H12FNO2/c1-5-4-6(2-3-11)7(10)9(13)8(5)12/h4,12-13H,2-3,11H2,1H3. The second-order valence-corrected chi connectivity index (χ2v) is 2.90. The van der Waals surface area contributed by atoms with Gasteiger partial charge in [0.25, 0.3) is 0 Å². The largest absolute Gasteiger partial charge is 0.504 e. The highest BCUT2D eigenvalue weighted by atomic mass is 19.1. The SMILES string of the molecule is Cc1cc(CCN)c(F)c(O)c1O. The van der Waals surface area contributed by atoms with Crippen molar-refractivity contribution in [1.82, 2.24) is 0 Å². The van der Waals surface area contributed by atoms with Crippen LogP contribution < -0.4 is 5.73 Å². The molecule has 3 nitrogen and oxygen atoms in total. The van der Waals surface area contributed by atoms with Gasteiger partial charge >= 0.3 is 0 Å². The van der Waals surface area contributed by atoms with Crippen LogP contribution in [0.3, 0.4) is 0 Å². The molecule has 4 heteroatoms. The normalized spacial score (nSPS) is 10.4. The molecule has 1 aromatic rings. The van der Waals surface area contributed by atoms with Crippen LogP contribution in [0.5, 0.6) is 11.5 Å². The van der Waals surface area contributed by atoms with Gasteiger partial charge in [-0.1, -0.05) is 0 Å². The van der Waals surface area contributed by atoms with Gasteiger partial charge < -0.3 is 15.9 Å². The van der Waals surface area contributed by atoms with Gasteiger partial charge in [0.15, 0.2) is 17.3 Å². The van der Waals surface area contributed by atoms with E-state index in [0.717, 1.165) is 0 Å². The zero-order valence-corrected chi connectivity index (χ0v) is 7.34. The molecule has 0 atom stereocenters. The van der Waals surface area contributed by atoms with Crippen molar-refractivity contribution in [2.45, 2.75) is 13.3 Å². The second-order valence-electron chi connectivity index (χ2n) is 2.90. The van der Waals surface area contributed by atoms with E-state index in [0.29, 0.717) is 24.1 Å². The Labute approximate surface area is 75.6 Å². The molecular weight excluding hydrogens is 173 g/mol. The Kier molecular flexibility index (Phi) is 2.72. The quantitative estimate of drug-likeness (QED) is 0.603. The third kappa shape index (κ3) is 1.72. The first-order valence-corrected chi connectivity index (χ1v) is 3.98. The average molecular weight is 185 g/mol. The molecule has 0 aromatic heterocycles. The molecule has 0 bridgehead atoms. The molecule has 0 aliphatic carbocycles. The minimum Gasteiger partial charge on any atom is -0.504 e. The van der Waals surface area contributed by atoms with E-state index in [2.05, 4.69) is 0 Å². The number of nitrogens with two attached hydrogens (primary N) is 1. The molecule has 0 radical (unpaired) electrons. The van der Waals surface area contributed by atoms with Crippen LogP contribution in [0.15, 0.2) is 6.07 Å². The van der Waals surface area contributed by atoms with Crippen LogP contribution in [-0.4, -0.2) is 16.8 Å². The third-order valence-corrected chi connectivity index (χ3v) is 1.89. The highest BCUT2D eigenvalue weighted by molar-refractivity contribution is 5.48. The number of aromatic hydroxyl groups is 2. The van der Waals surface area contributed by atoms with Gasteiger partial charge in [-0.05, 0) is 37.1 Å². The van der Waals surface area contributed by atoms with E-state index in [1.165, 1.54) is 6.07 Å². The first kappa shape index (κ1) is 9.80. The summed E-state index contributed by atoms with van der Waals surface area (Å²) < 4.78 is 13.2. The maximum atomic E-state index is 13.2.